The Balaban J connectivity index is 2.42. The molecule has 22 heavy (non-hydrogen) atoms. The second-order valence-corrected chi connectivity index (χ2v) is 7.93. The summed E-state index contributed by atoms with van der Waals surface area (Å²) >= 11 is 0. The molecule has 1 fully saturated rings. The minimum absolute atomic E-state index is 0.111. The zero-order valence-corrected chi connectivity index (χ0v) is 15.3. The van der Waals surface area contributed by atoms with Gasteiger partial charge in [-0.2, -0.15) is 0 Å². The second kappa shape index (κ2) is 8.78. The van der Waals surface area contributed by atoms with Crippen LogP contribution >= 0.6 is 0 Å². The first-order valence-corrected chi connectivity index (χ1v) is 8.48. The molecule has 0 spiro atoms. The molecule has 1 aliphatic rings. The van der Waals surface area contributed by atoms with Gasteiger partial charge >= 0.3 is 0 Å². The van der Waals surface area contributed by atoms with Crippen molar-refractivity contribution in [3.63, 3.8) is 0 Å². The maximum Gasteiger partial charge on any atom is 0.0821 e. The van der Waals surface area contributed by atoms with Crippen LogP contribution < -0.4 is 0 Å². The summed E-state index contributed by atoms with van der Waals surface area (Å²) in [5.74, 6) is 0. The van der Waals surface area contributed by atoms with E-state index in [4.69, 9.17) is 19.5 Å². The third-order valence-corrected chi connectivity index (χ3v) is 3.47. The van der Waals surface area contributed by atoms with Gasteiger partial charge in [0.15, 0.2) is 0 Å². The van der Waals surface area contributed by atoms with Crippen LogP contribution in [0.25, 0.3) is 0 Å². The smallest absolute Gasteiger partial charge is 0.0821 e. The first-order valence-electron chi connectivity index (χ1n) is 8.48. The maximum atomic E-state index is 5.68. The number of hydrogen-bond donors (Lipinski definition) is 0. The molecule has 0 saturated heterocycles. The van der Waals surface area contributed by atoms with Gasteiger partial charge in [-0.3, -0.25) is 9.98 Å². The molecular weight excluding hydrogens is 276 g/mol. The molecule has 1 saturated carbocycles. The van der Waals surface area contributed by atoms with Crippen molar-refractivity contribution in [1.29, 1.82) is 0 Å². The van der Waals surface area contributed by atoms with E-state index in [0.717, 1.165) is 12.8 Å². The molecule has 0 unspecified atom stereocenters. The Kier molecular flexibility index (Phi) is 7.70. The lowest BCUT2D eigenvalue weighted by Crippen LogP contribution is -2.28. The van der Waals surface area contributed by atoms with Crippen molar-refractivity contribution in [2.45, 2.75) is 90.5 Å². The van der Waals surface area contributed by atoms with Crippen molar-refractivity contribution >= 4 is 12.4 Å². The maximum absolute atomic E-state index is 5.68. The van der Waals surface area contributed by atoms with E-state index in [1.165, 1.54) is 12.8 Å². The van der Waals surface area contributed by atoms with Gasteiger partial charge in [-0.1, -0.05) is 12.8 Å². The van der Waals surface area contributed by atoms with Crippen molar-refractivity contribution in [1.82, 2.24) is 0 Å². The lowest BCUT2D eigenvalue weighted by atomic mass is 9.91. The molecule has 0 aromatic rings. The summed E-state index contributed by atoms with van der Waals surface area (Å²) in [5.41, 5.74) is -0.221. The van der Waals surface area contributed by atoms with E-state index in [-0.39, 0.29) is 11.2 Å². The Morgan fingerprint density at radius 1 is 0.773 bits per heavy atom. The van der Waals surface area contributed by atoms with Gasteiger partial charge in [0.25, 0.3) is 0 Å². The van der Waals surface area contributed by atoms with Crippen LogP contribution in [0.2, 0.25) is 0 Å². The molecule has 0 radical (unpaired) electrons. The molecule has 0 aromatic heterocycles. The molecule has 0 heterocycles. The molecule has 1 aliphatic carbocycles. The number of ether oxygens (including phenoxy) is 2. The van der Waals surface area contributed by atoms with Crippen LogP contribution in [0.3, 0.4) is 0 Å². The van der Waals surface area contributed by atoms with Crippen LogP contribution in [0.4, 0.5) is 0 Å². The van der Waals surface area contributed by atoms with Gasteiger partial charge in [0.2, 0.25) is 0 Å². The summed E-state index contributed by atoms with van der Waals surface area (Å²) in [5, 5.41) is 0. The highest BCUT2D eigenvalue weighted by atomic mass is 16.5. The molecule has 4 heteroatoms. The molecular formula is C18H34N2O2. The van der Waals surface area contributed by atoms with Crippen LogP contribution in [0.5, 0.6) is 0 Å². The fourth-order valence-corrected chi connectivity index (χ4v) is 2.37. The van der Waals surface area contributed by atoms with Gasteiger partial charge in [-0.25, -0.2) is 0 Å². The molecule has 0 aliphatic heterocycles. The van der Waals surface area contributed by atoms with Crippen molar-refractivity contribution in [2.75, 3.05) is 13.2 Å². The molecule has 4 nitrogen and oxygen atoms in total. The van der Waals surface area contributed by atoms with Crippen LogP contribution in [0, 0.1) is 0 Å². The van der Waals surface area contributed by atoms with E-state index < -0.39 is 0 Å². The van der Waals surface area contributed by atoms with E-state index in [9.17, 15) is 0 Å². The van der Waals surface area contributed by atoms with Crippen LogP contribution in [-0.2, 0) is 9.47 Å². The monoisotopic (exact) mass is 310 g/mol. The second-order valence-electron chi connectivity index (χ2n) is 7.93. The summed E-state index contributed by atoms with van der Waals surface area (Å²) in [6.07, 6.45) is 8.55. The summed E-state index contributed by atoms with van der Waals surface area (Å²) in [7, 11) is 0. The standard InChI is InChI=1S/C18H34N2O2/c1-17(2,3)21-13-11-19-15-9-7-8-10-16(15)20-12-14-22-18(4,5)6/h11-12,15-16H,7-10,13-14H2,1-6H3/t15-,16-/m1/s1. The summed E-state index contributed by atoms with van der Waals surface area (Å²) in [4.78, 5) is 9.38. The normalized spacial score (nSPS) is 24.5. The molecule has 1 rings (SSSR count). The molecule has 0 bridgehead atoms. The Morgan fingerprint density at radius 2 is 1.14 bits per heavy atom. The van der Waals surface area contributed by atoms with E-state index in [1.807, 2.05) is 12.4 Å². The molecule has 0 aromatic carbocycles. The first kappa shape index (κ1) is 19.3. The van der Waals surface area contributed by atoms with E-state index in [2.05, 4.69) is 41.5 Å². The number of aliphatic imine (C=N–C) groups is 2. The van der Waals surface area contributed by atoms with Crippen molar-refractivity contribution in [2.24, 2.45) is 9.98 Å². The Labute approximate surface area is 136 Å². The van der Waals surface area contributed by atoms with Crippen LogP contribution in [-0.4, -0.2) is 48.9 Å². The Hall–Kier alpha value is -0.740. The highest BCUT2D eigenvalue weighted by molar-refractivity contribution is 5.60. The first-order chi connectivity index (χ1) is 10.2. The highest BCUT2D eigenvalue weighted by Crippen LogP contribution is 2.23. The van der Waals surface area contributed by atoms with E-state index >= 15 is 0 Å². The fourth-order valence-electron chi connectivity index (χ4n) is 2.37. The molecule has 0 N–H and O–H groups in total. The van der Waals surface area contributed by atoms with Crippen LogP contribution in [0.15, 0.2) is 9.98 Å². The lowest BCUT2D eigenvalue weighted by molar-refractivity contribution is 0.0222. The van der Waals surface area contributed by atoms with Crippen LogP contribution in [0.1, 0.15) is 67.2 Å². The van der Waals surface area contributed by atoms with Crippen molar-refractivity contribution in [3.8, 4) is 0 Å². The van der Waals surface area contributed by atoms with E-state index in [0.29, 0.717) is 25.3 Å². The average molecular weight is 310 g/mol. The van der Waals surface area contributed by atoms with Gasteiger partial charge in [-0.05, 0) is 54.4 Å². The van der Waals surface area contributed by atoms with Gasteiger partial charge in [0.05, 0.1) is 36.5 Å². The SMILES string of the molecule is CC(C)(C)OCC=N[C@@H]1CCCC[C@H]1N=CCOC(C)(C)C. The van der Waals surface area contributed by atoms with Gasteiger partial charge in [-0.15, -0.1) is 0 Å². The average Bonchev–Trinajstić information content (AvgIpc) is 2.39. The molecule has 2 atom stereocenters. The predicted molar refractivity (Wildman–Crippen MR) is 94.4 cm³/mol. The van der Waals surface area contributed by atoms with Gasteiger partial charge in [0.1, 0.15) is 0 Å². The zero-order valence-electron chi connectivity index (χ0n) is 15.3. The molecule has 0 amide bonds. The Morgan fingerprint density at radius 3 is 1.45 bits per heavy atom. The topological polar surface area (TPSA) is 43.2 Å². The summed E-state index contributed by atoms with van der Waals surface area (Å²) in [6, 6.07) is 0.589. The predicted octanol–water partition coefficient (Wildman–Crippen LogP) is 4.07. The lowest BCUT2D eigenvalue weighted by Gasteiger charge is -2.26. The van der Waals surface area contributed by atoms with Crippen molar-refractivity contribution < 1.29 is 9.47 Å². The number of nitrogens with zero attached hydrogens (tertiary/aromatic N) is 2. The number of hydrogen-bond acceptors (Lipinski definition) is 4. The van der Waals surface area contributed by atoms with Gasteiger partial charge < -0.3 is 9.47 Å². The minimum atomic E-state index is -0.111. The quantitative estimate of drug-likeness (QED) is 0.694. The largest absolute Gasteiger partial charge is 0.370 e. The van der Waals surface area contributed by atoms with Crippen molar-refractivity contribution in [3.05, 3.63) is 0 Å². The number of rotatable bonds is 6. The zero-order chi connectivity index (χ0) is 16.6. The summed E-state index contributed by atoms with van der Waals surface area (Å²) < 4.78 is 11.4. The third kappa shape index (κ3) is 9.31. The Bertz CT molecular complexity index is 328. The molecule has 128 valence electrons. The highest BCUT2D eigenvalue weighted by Gasteiger charge is 2.23. The third-order valence-electron chi connectivity index (χ3n) is 3.47. The summed E-state index contributed by atoms with van der Waals surface area (Å²) in [6.45, 7) is 13.5. The van der Waals surface area contributed by atoms with E-state index in [1.54, 1.807) is 0 Å². The fraction of sp³-hybridized carbons (Fsp3) is 0.889. The van der Waals surface area contributed by atoms with Gasteiger partial charge in [0, 0.05) is 12.4 Å². The minimum Gasteiger partial charge on any atom is -0.370 e.